The Morgan fingerprint density at radius 1 is 1.57 bits per heavy atom. The maximum atomic E-state index is 10.3. The van der Waals surface area contributed by atoms with Crippen molar-refractivity contribution >= 4 is 11.5 Å². The Bertz CT molecular complexity index is 308. The molecule has 1 aromatic heterocycles. The summed E-state index contributed by atoms with van der Waals surface area (Å²) >= 11 is 0. The minimum Gasteiger partial charge on any atom is -0.370 e. The highest BCUT2D eigenvalue weighted by Gasteiger charge is 2.04. The van der Waals surface area contributed by atoms with E-state index in [0.29, 0.717) is 11.7 Å². The van der Waals surface area contributed by atoms with Gasteiger partial charge in [0.15, 0.2) is 0 Å². The second-order valence-electron chi connectivity index (χ2n) is 3.43. The molecule has 14 heavy (non-hydrogen) atoms. The Kier molecular flexibility index (Phi) is 3.39. The number of hydrogen-bond acceptors (Lipinski definition) is 4. The number of rotatable bonds is 4. The van der Waals surface area contributed by atoms with E-state index in [2.05, 4.69) is 24.1 Å². The van der Waals surface area contributed by atoms with E-state index in [1.807, 2.05) is 0 Å². The summed E-state index contributed by atoms with van der Waals surface area (Å²) < 4.78 is 0. The van der Waals surface area contributed by atoms with Gasteiger partial charge in [-0.25, -0.2) is 4.98 Å². The standard InChI is InChI=1S/C9H13N3O2/c1-7(2)5-10-9-4-3-8(6-11-9)12(13)14/h3-4,6-7H,5H2,1-2H3,(H,10,11). The van der Waals surface area contributed by atoms with Crippen LogP contribution in [0.1, 0.15) is 13.8 Å². The average molecular weight is 195 g/mol. The van der Waals surface area contributed by atoms with E-state index < -0.39 is 4.92 Å². The van der Waals surface area contributed by atoms with E-state index in [1.54, 1.807) is 6.07 Å². The first-order valence-electron chi connectivity index (χ1n) is 4.44. The summed E-state index contributed by atoms with van der Waals surface area (Å²) in [5.74, 6) is 1.19. The van der Waals surface area contributed by atoms with Crippen LogP contribution in [0.3, 0.4) is 0 Å². The second kappa shape index (κ2) is 4.55. The first-order valence-corrected chi connectivity index (χ1v) is 4.44. The number of pyridine rings is 1. The zero-order valence-corrected chi connectivity index (χ0v) is 8.23. The number of aromatic nitrogens is 1. The molecule has 5 heteroatoms. The maximum absolute atomic E-state index is 10.3. The van der Waals surface area contributed by atoms with Crippen LogP contribution >= 0.6 is 0 Å². The Hall–Kier alpha value is -1.65. The molecule has 0 saturated carbocycles. The van der Waals surface area contributed by atoms with Crippen LogP contribution < -0.4 is 5.32 Å². The van der Waals surface area contributed by atoms with E-state index in [9.17, 15) is 10.1 Å². The van der Waals surface area contributed by atoms with Gasteiger partial charge in [-0.15, -0.1) is 0 Å². The van der Waals surface area contributed by atoms with E-state index in [4.69, 9.17) is 0 Å². The maximum Gasteiger partial charge on any atom is 0.287 e. The van der Waals surface area contributed by atoms with Gasteiger partial charge in [-0.1, -0.05) is 13.8 Å². The van der Waals surface area contributed by atoms with Crippen LogP contribution in [0.2, 0.25) is 0 Å². The highest BCUT2D eigenvalue weighted by atomic mass is 16.6. The third-order valence-corrected chi connectivity index (χ3v) is 1.65. The van der Waals surface area contributed by atoms with Gasteiger partial charge in [0.2, 0.25) is 0 Å². The predicted octanol–water partition coefficient (Wildman–Crippen LogP) is 2.06. The van der Waals surface area contributed by atoms with Gasteiger partial charge in [0.1, 0.15) is 12.0 Å². The molecule has 0 fully saturated rings. The highest BCUT2D eigenvalue weighted by molar-refractivity contribution is 5.39. The van der Waals surface area contributed by atoms with Gasteiger partial charge in [0.05, 0.1) is 4.92 Å². The van der Waals surface area contributed by atoms with Crippen LogP contribution in [0.4, 0.5) is 11.5 Å². The Labute approximate surface area is 82.3 Å². The SMILES string of the molecule is CC(C)CNc1ccc([N+](=O)[O-])cn1. The minimum absolute atomic E-state index is 0.0140. The van der Waals surface area contributed by atoms with Crippen molar-refractivity contribution in [2.45, 2.75) is 13.8 Å². The van der Waals surface area contributed by atoms with Crippen molar-refractivity contribution in [2.24, 2.45) is 5.92 Å². The summed E-state index contributed by atoms with van der Waals surface area (Å²) in [7, 11) is 0. The molecule has 0 radical (unpaired) electrons. The summed E-state index contributed by atoms with van der Waals surface area (Å²) in [5.41, 5.74) is 0.0140. The topological polar surface area (TPSA) is 68.1 Å². The molecule has 0 aliphatic rings. The number of hydrogen-bond donors (Lipinski definition) is 1. The Morgan fingerprint density at radius 3 is 2.71 bits per heavy atom. The fourth-order valence-electron chi connectivity index (χ4n) is 0.907. The van der Waals surface area contributed by atoms with Gasteiger partial charge in [-0.2, -0.15) is 0 Å². The van der Waals surface area contributed by atoms with Gasteiger partial charge in [0.25, 0.3) is 5.69 Å². The summed E-state index contributed by atoms with van der Waals surface area (Å²) in [6.07, 6.45) is 1.25. The van der Waals surface area contributed by atoms with Crippen LogP contribution in [-0.2, 0) is 0 Å². The van der Waals surface area contributed by atoms with Gasteiger partial charge in [-0.05, 0) is 12.0 Å². The van der Waals surface area contributed by atoms with Crippen molar-refractivity contribution in [2.75, 3.05) is 11.9 Å². The minimum atomic E-state index is -0.459. The molecule has 1 aromatic rings. The van der Waals surface area contributed by atoms with Gasteiger partial charge >= 0.3 is 0 Å². The first kappa shape index (κ1) is 10.4. The lowest BCUT2D eigenvalue weighted by Gasteiger charge is -2.06. The lowest BCUT2D eigenvalue weighted by Crippen LogP contribution is -2.08. The van der Waals surface area contributed by atoms with Crippen LogP contribution in [0.15, 0.2) is 18.3 Å². The van der Waals surface area contributed by atoms with E-state index in [0.717, 1.165) is 6.54 Å². The fourth-order valence-corrected chi connectivity index (χ4v) is 0.907. The van der Waals surface area contributed by atoms with Crippen LogP contribution in [0.25, 0.3) is 0 Å². The smallest absolute Gasteiger partial charge is 0.287 e. The second-order valence-corrected chi connectivity index (χ2v) is 3.43. The van der Waals surface area contributed by atoms with E-state index in [1.165, 1.54) is 12.3 Å². The molecule has 0 spiro atoms. The van der Waals surface area contributed by atoms with E-state index in [-0.39, 0.29) is 5.69 Å². The molecule has 0 bridgehead atoms. The van der Waals surface area contributed by atoms with Crippen LogP contribution in [-0.4, -0.2) is 16.5 Å². The molecule has 0 atom stereocenters. The zero-order chi connectivity index (χ0) is 10.6. The molecule has 0 aliphatic heterocycles. The molecule has 1 N–H and O–H groups in total. The Balaban J connectivity index is 2.60. The van der Waals surface area contributed by atoms with Gasteiger partial charge in [-0.3, -0.25) is 10.1 Å². The number of nitrogens with zero attached hydrogens (tertiary/aromatic N) is 2. The quantitative estimate of drug-likeness (QED) is 0.589. The molecule has 1 heterocycles. The van der Waals surface area contributed by atoms with Crippen molar-refractivity contribution in [3.05, 3.63) is 28.4 Å². The summed E-state index contributed by atoms with van der Waals surface area (Å²) in [5, 5.41) is 13.4. The number of nitro groups is 1. The number of nitrogens with one attached hydrogen (secondary N) is 1. The molecule has 76 valence electrons. The van der Waals surface area contributed by atoms with Gasteiger partial charge < -0.3 is 5.32 Å². The van der Waals surface area contributed by atoms with Crippen molar-refractivity contribution in [1.29, 1.82) is 0 Å². The molecular weight excluding hydrogens is 182 g/mol. The Morgan fingerprint density at radius 2 is 2.29 bits per heavy atom. The molecule has 0 unspecified atom stereocenters. The fraction of sp³-hybridized carbons (Fsp3) is 0.444. The summed E-state index contributed by atoms with van der Waals surface area (Å²) in [6.45, 7) is 4.97. The molecule has 0 aromatic carbocycles. The average Bonchev–Trinajstić information content (AvgIpc) is 2.15. The van der Waals surface area contributed by atoms with Crippen LogP contribution in [0.5, 0.6) is 0 Å². The van der Waals surface area contributed by atoms with E-state index >= 15 is 0 Å². The molecule has 0 aliphatic carbocycles. The highest BCUT2D eigenvalue weighted by Crippen LogP contribution is 2.11. The monoisotopic (exact) mass is 195 g/mol. The molecule has 0 saturated heterocycles. The summed E-state index contributed by atoms with van der Waals surface area (Å²) in [4.78, 5) is 13.8. The van der Waals surface area contributed by atoms with Crippen LogP contribution in [0, 0.1) is 16.0 Å². The first-order chi connectivity index (χ1) is 6.59. The summed E-state index contributed by atoms with van der Waals surface area (Å²) in [6, 6.07) is 3.05. The number of anilines is 1. The normalized spacial score (nSPS) is 10.2. The third kappa shape index (κ3) is 3.01. The molecule has 5 nitrogen and oxygen atoms in total. The molecule has 0 amide bonds. The van der Waals surface area contributed by atoms with Crippen molar-refractivity contribution in [1.82, 2.24) is 4.98 Å². The third-order valence-electron chi connectivity index (χ3n) is 1.65. The molecular formula is C9H13N3O2. The van der Waals surface area contributed by atoms with Crippen molar-refractivity contribution in [3.8, 4) is 0 Å². The zero-order valence-electron chi connectivity index (χ0n) is 8.23. The van der Waals surface area contributed by atoms with Crippen molar-refractivity contribution in [3.63, 3.8) is 0 Å². The largest absolute Gasteiger partial charge is 0.370 e. The lowest BCUT2D eigenvalue weighted by molar-refractivity contribution is -0.385. The van der Waals surface area contributed by atoms with Crippen molar-refractivity contribution < 1.29 is 4.92 Å². The predicted molar refractivity (Wildman–Crippen MR) is 54.2 cm³/mol. The lowest BCUT2D eigenvalue weighted by atomic mass is 10.2. The van der Waals surface area contributed by atoms with Gasteiger partial charge in [0, 0.05) is 12.6 Å². The molecule has 1 rings (SSSR count).